The molecule has 2 aromatic carbocycles. The zero-order valence-electron chi connectivity index (χ0n) is 18.4. The van der Waals surface area contributed by atoms with Crippen molar-refractivity contribution in [1.29, 1.82) is 0 Å². The van der Waals surface area contributed by atoms with Crippen LogP contribution in [0, 0.1) is 0 Å². The van der Waals surface area contributed by atoms with Crippen LogP contribution < -0.4 is 5.32 Å². The molecule has 8 heteroatoms. The largest absolute Gasteiger partial charge is 0.385 e. The maximum absolute atomic E-state index is 13.0. The number of thioether (sulfide) groups is 1. The Bertz CT molecular complexity index is 1100. The third-order valence-electron chi connectivity index (χ3n) is 5.46. The van der Waals surface area contributed by atoms with E-state index < -0.39 is 0 Å². The van der Waals surface area contributed by atoms with Crippen LogP contribution in [-0.4, -0.2) is 47.6 Å². The van der Waals surface area contributed by atoms with Crippen LogP contribution in [0.4, 0.5) is 4.79 Å². The third kappa shape index (κ3) is 4.56. The summed E-state index contributed by atoms with van der Waals surface area (Å²) in [6, 6.07) is 17.3. The molecule has 3 aromatic rings. The smallest absolute Gasteiger partial charge is 0.322 e. The lowest BCUT2D eigenvalue weighted by molar-refractivity contribution is 0.174. The van der Waals surface area contributed by atoms with Crippen molar-refractivity contribution in [2.24, 2.45) is 0 Å². The van der Waals surface area contributed by atoms with Crippen molar-refractivity contribution in [3.8, 4) is 11.4 Å². The van der Waals surface area contributed by atoms with Crippen molar-refractivity contribution < 1.29 is 14.1 Å². The molecule has 0 spiro atoms. The van der Waals surface area contributed by atoms with Gasteiger partial charge >= 0.3 is 6.03 Å². The molecule has 0 aliphatic carbocycles. The van der Waals surface area contributed by atoms with Crippen LogP contribution in [0.1, 0.15) is 30.8 Å². The van der Waals surface area contributed by atoms with Crippen LogP contribution in [0.3, 0.4) is 0 Å². The molecule has 0 saturated carbocycles. The Morgan fingerprint density at radius 2 is 1.91 bits per heavy atom. The summed E-state index contributed by atoms with van der Waals surface area (Å²) in [6.45, 7) is 3.04. The van der Waals surface area contributed by atoms with Crippen molar-refractivity contribution in [2.45, 2.75) is 24.3 Å². The average Bonchev–Trinajstić information content (AvgIpc) is 3.31. The van der Waals surface area contributed by atoms with E-state index in [-0.39, 0.29) is 12.1 Å². The van der Waals surface area contributed by atoms with Gasteiger partial charge in [-0.05, 0) is 37.3 Å². The maximum atomic E-state index is 13.0. The number of hydrogen-bond donors (Lipinski definition) is 1. The zero-order chi connectivity index (χ0) is 22.5. The number of methoxy groups -OCH3 is 1. The fourth-order valence-corrected chi connectivity index (χ4v) is 4.19. The molecular weight excluding hydrogens is 424 g/mol. The lowest BCUT2D eigenvalue weighted by Gasteiger charge is -2.35. The average molecular weight is 451 g/mol. The summed E-state index contributed by atoms with van der Waals surface area (Å²) in [4.78, 5) is 20.5. The number of aromatic nitrogens is 2. The Morgan fingerprint density at radius 3 is 2.59 bits per heavy atom. The van der Waals surface area contributed by atoms with Crippen molar-refractivity contribution in [3.63, 3.8) is 0 Å². The van der Waals surface area contributed by atoms with E-state index in [1.54, 1.807) is 23.8 Å². The molecule has 2 heterocycles. The predicted octanol–water partition coefficient (Wildman–Crippen LogP) is 4.99. The molecule has 7 nitrogen and oxygen atoms in total. The van der Waals surface area contributed by atoms with E-state index in [1.165, 1.54) is 0 Å². The second-order valence-corrected chi connectivity index (χ2v) is 8.32. The van der Waals surface area contributed by atoms with Crippen molar-refractivity contribution in [3.05, 3.63) is 71.7 Å². The number of ether oxygens (including phenoxy) is 1. The zero-order valence-corrected chi connectivity index (χ0v) is 19.2. The molecule has 1 atom stereocenters. The first-order valence-electron chi connectivity index (χ1n) is 10.4. The lowest BCUT2D eigenvalue weighted by Crippen LogP contribution is -2.46. The number of benzene rings is 2. The first kappa shape index (κ1) is 22.1. The molecule has 0 saturated heterocycles. The van der Waals surface area contributed by atoms with Crippen LogP contribution in [0.25, 0.3) is 17.0 Å². The number of carbonyl (C=O) groups excluding carboxylic acids is 1. The Morgan fingerprint density at radius 1 is 1.16 bits per heavy atom. The Balaban J connectivity index is 1.76. The lowest BCUT2D eigenvalue weighted by atomic mass is 9.94. The minimum atomic E-state index is -0.388. The summed E-state index contributed by atoms with van der Waals surface area (Å²) in [5, 5.41) is 7.33. The molecular formula is C24H26N4O3S. The number of allylic oxidation sites excluding steroid dienone is 1. The monoisotopic (exact) mass is 450 g/mol. The highest BCUT2D eigenvalue weighted by atomic mass is 32.2. The number of hydrogen-bond acceptors (Lipinski definition) is 6. The maximum Gasteiger partial charge on any atom is 0.322 e. The van der Waals surface area contributed by atoms with Gasteiger partial charge in [-0.15, -0.1) is 11.8 Å². The number of nitrogens with zero attached hydrogens (tertiary/aromatic N) is 3. The molecule has 4 rings (SSSR count). The van der Waals surface area contributed by atoms with Gasteiger partial charge < -0.3 is 14.6 Å². The SMILES string of the molecule is COCCCN1C(=O)NC(c2ccc(SC)cc2)C(c2nc(-c3ccccc3)no2)=C1C. The van der Waals surface area contributed by atoms with Crippen LogP contribution >= 0.6 is 11.8 Å². The Labute approximate surface area is 191 Å². The van der Waals surface area contributed by atoms with Crippen LogP contribution in [-0.2, 0) is 4.74 Å². The summed E-state index contributed by atoms with van der Waals surface area (Å²) in [6.07, 6.45) is 2.76. The van der Waals surface area contributed by atoms with Gasteiger partial charge in [-0.2, -0.15) is 4.98 Å². The summed E-state index contributed by atoms with van der Waals surface area (Å²) in [5.74, 6) is 0.914. The molecule has 0 bridgehead atoms. The standard InChI is InChI=1S/C24H26N4O3S/c1-16-20(23-26-22(27-31-23)18-8-5-4-6-9-18)21(17-10-12-19(32-3)13-11-17)25-24(29)28(16)14-7-15-30-2/h4-6,8-13,21H,7,14-15H2,1-3H3,(H,25,29). The number of amides is 2. The Hall–Kier alpha value is -3.10. The predicted molar refractivity (Wildman–Crippen MR) is 125 cm³/mol. The van der Waals surface area contributed by atoms with E-state index in [1.807, 2.05) is 67.8 Å². The molecule has 32 heavy (non-hydrogen) atoms. The molecule has 1 aromatic heterocycles. The minimum Gasteiger partial charge on any atom is -0.385 e. The highest BCUT2D eigenvalue weighted by Gasteiger charge is 2.35. The number of nitrogens with one attached hydrogen (secondary N) is 1. The van der Waals surface area contributed by atoms with Gasteiger partial charge in [0.25, 0.3) is 5.89 Å². The van der Waals surface area contributed by atoms with E-state index in [2.05, 4.69) is 15.5 Å². The first-order chi connectivity index (χ1) is 15.6. The molecule has 1 aliphatic heterocycles. The molecule has 1 N–H and O–H groups in total. The van der Waals surface area contributed by atoms with Gasteiger partial charge in [-0.1, -0.05) is 47.6 Å². The fraction of sp³-hybridized carbons (Fsp3) is 0.292. The van der Waals surface area contributed by atoms with Gasteiger partial charge in [0.1, 0.15) is 0 Å². The molecule has 0 fully saturated rings. The minimum absolute atomic E-state index is 0.149. The molecule has 166 valence electrons. The summed E-state index contributed by atoms with van der Waals surface area (Å²) in [5.41, 5.74) is 3.43. The highest BCUT2D eigenvalue weighted by molar-refractivity contribution is 7.98. The second-order valence-electron chi connectivity index (χ2n) is 7.44. The van der Waals surface area contributed by atoms with Gasteiger partial charge in [-0.3, -0.25) is 4.90 Å². The second kappa shape index (κ2) is 10.0. The van der Waals surface area contributed by atoms with E-state index in [0.717, 1.165) is 33.7 Å². The Kier molecular flexibility index (Phi) is 6.92. The molecule has 1 aliphatic rings. The van der Waals surface area contributed by atoms with Crippen molar-refractivity contribution in [1.82, 2.24) is 20.4 Å². The topological polar surface area (TPSA) is 80.5 Å². The molecule has 1 unspecified atom stereocenters. The van der Waals surface area contributed by atoms with Gasteiger partial charge in [0.15, 0.2) is 0 Å². The van der Waals surface area contributed by atoms with Crippen LogP contribution in [0.5, 0.6) is 0 Å². The quantitative estimate of drug-likeness (QED) is 0.385. The summed E-state index contributed by atoms with van der Waals surface area (Å²) >= 11 is 1.67. The fourth-order valence-electron chi connectivity index (χ4n) is 3.78. The number of rotatable bonds is 8. The van der Waals surface area contributed by atoms with Crippen molar-refractivity contribution in [2.75, 3.05) is 26.5 Å². The van der Waals surface area contributed by atoms with Gasteiger partial charge in [0, 0.05) is 36.4 Å². The third-order valence-corrected chi connectivity index (χ3v) is 6.21. The first-order valence-corrected chi connectivity index (χ1v) is 11.7. The number of urea groups is 1. The van der Waals surface area contributed by atoms with E-state index in [0.29, 0.717) is 24.9 Å². The van der Waals surface area contributed by atoms with Crippen molar-refractivity contribution >= 4 is 23.4 Å². The number of carbonyl (C=O) groups is 1. The molecule has 0 radical (unpaired) electrons. The van der Waals surface area contributed by atoms with Crippen LogP contribution in [0.15, 0.2) is 69.7 Å². The van der Waals surface area contributed by atoms with E-state index in [9.17, 15) is 4.79 Å². The van der Waals surface area contributed by atoms with Gasteiger partial charge in [0.05, 0.1) is 11.6 Å². The normalized spacial score (nSPS) is 16.4. The summed E-state index contributed by atoms with van der Waals surface area (Å²) < 4.78 is 10.9. The molecule has 2 amide bonds. The van der Waals surface area contributed by atoms with E-state index in [4.69, 9.17) is 9.26 Å². The highest BCUT2D eigenvalue weighted by Crippen LogP contribution is 2.37. The van der Waals surface area contributed by atoms with Gasteiger partial charge in [0.2, 0.25) is 5.82 Å². The summed E-state index contributed by atoms with van der Waals surface area (Å²) in [7, 11) is 1.65. The van der Waals surface area contributed by atoms with Gasteiger partial charge in [-0.25, -0.2) is 4.79 Å². The van der Waals surface area contributed by atoms with E-state index >= 15 is 0 Å². The van der Waals surface area contributed by atoms with Crippen LogP contribution in [0.2, 0.25) is 0 Å².